The molecule has 4 radical (unpaired) electrons. The Morgan fingerprint density at radius 3 is 0.871 bits per heavy atom. The van der Waals surface area contributed by atoms with Crippen LogP contribution in [0.2, 0.25) is 0 Å². The zero-order valence-electron chi connectivity index (χ0n) is 16.5. The Kier molecular flexibility index (Phi) is 11.7. The van der Waals surface area contributed by atoms with Crippen LogP contribution in [0.25, 0.3) is 10.6 Å². The van der Waals surface area contributed by atoms with Gasteiger partial charge in [-0.15, -0.1) is 26.2 Å². The van der Waals surface area contributed by atoms with Crippen LogP contribution in [0.4, 0.5) is 0 Å². The van der Waals surface area contributed by atoms with E-state index in [1.807, 2.05) is 72.8 Å². The predicted octanol–water partition coefficient (Wildman–Crippen LogP) is 5.14. The van der Waals surface area contributed by atoms with Crippen molar-refractivity contribution in [3.05, 3.63) is 157 Å². The Balaban J connectivity index is 0.000000213. The van der Waals surface area contributed by atoms with Gasteiger partial charge in [0.2, 0.25) is 0 Å². The first-order chi connectivity index (χ1) is 14.9. The van der Waals surface area contributed by atoms with Crippen molar-refractivity contribution < 1.29 is 16.5 Å². The first kappa shape index (κ1) is 24.3. The zero-order chi connectivity index (χ0) is 20.7. The van der Waals surface area contributed by atoms with Crippen molar-refractivity contribution in [2.75, 3.05) is 0 Å². The standard InChI is InChI=1S/2C12H10N3.Ni/c2*1-3-7-14-11(5-1)9-13-10-12-6-2-4-8-15-12;/h2*1-10H;/q2*-1;+2. The largest absolute Gasteiger partial charge is 2.00 e. The van der Waals surface area contributed by atoms with Crippen LogP contribution in [0, 0.1) is 26.2 Å². The van der Waals surface area contributed by atoms with Crippen molar-refractivity contribution in [2.45, 2.75) is 0 Å². The molecular formula is C24H20N6Ni. The van der Waals surface area contributed by atoms with Crippen LogP contribution in [0.5, 0.6) is 0 Å². The summed E-state index contributed by atoms with van der Waals surface area (Å²) in [6.07, 6.45) is 6.95. The molecule has 6 nitrogen and oxygen atoms in total. The Bertz CT molecular complexity index is 781. The maximum absolute atomic E-state index is 4.14. The minimum atomic E-state index is 0. The molecule has 0 aliphatic heterocycles. The maximum atomic E-state index is 4.14. The van der Waals surface area contributed by atoms with Gasteiger partial charge in [-0.3, -0.25) is 19.9 Å². The van der Waals surface area contributed by atoms with Gasteiger partial charge in [-0.05, 0) is 48.5 Å². The molecule has 0 spiro atoms. The predicted molar refractivity (Wildman–Crippen MR) is 117 cm³/mol. The third kappa shape index (κ3) is 10.0. The Morgan fingerprint density at radius 1 is 0.419 bits per heavy atom. The third-order valence-corrected chi connectivity index (χ3v) is 3.58. The number of hydrogen-bond donors (Lipinski definition) is 0. The fraction of sp³-hybridized carbons (Fsp3) is 0. The third-order valence-electron chi connectivity index (χ3n) is 3.58. The van der Waals surface area contributed by atoms with E-state index in [4.69, 9.17) is 0 Å². The Hall–Kier alpha value is -2.99. The first-order valence-electron chi connectivity index (χ1n) is 9.27. The van der Waals surface area contributed by atoms with E-state index in [-0.39, 0.29) is 16.5 Å². The summed E-state index contributed by atoms with van der Waals surface area (Å²) in [5.74, 6) is 0. The maximum Gasteiger partial charge on any atom is 2.00 e. The van der Waals surface area contributed by atoms with Crippen LogP contribution in [-0.4, -0.2) is 19.9 Å². The molecule has 4 heterocycles. The van der Waals surface area contributed by atoms with Gasteiger partial charge in [-0.1, -0.05) is 24.3 Å². The van der Waals surface area contributed by atoms with Gasteiger partial charge in [0.1, 0.15) is 0 Å². The SMILES string of the molecule is [CH]([N-][CH]c1ccccn1)c1ccccn1.[CH]([N-][CH]c1ccccn1)c1ccccn1.[Ni+2]. The minimum Gasteiger partial charge on any atom is -0.648 e. The van der Waals surface area contributed by atoms with Gasteiger partial charge in [0.25, 0.3) is 0 Å². The smallest absolute Gasteiger partial charge is 0.648 e. The molecule has 7 heteroatoms. The number of nitrogens with zero attached hydrogens (tertiary/aromatic N) is 6. The molecular weight excluding hydrogens is 431 g/mol. The Labute approximate surface area is 193 Å². The second-order valence-corrected chi connectivity index (χ2v) is 5.83. The van der Waals surface area contributed by atoms with Gasteiger partial charge in [0.05, 0.1) is 0 Å². The molecule has 0 saturated carbocycles. The molecule has 0 fully saturated rings. The van der Waals surface area contributed by atoms with E-state index < -0.39 is 0 Å². The van der Waals surface area contributed by atoms with E-state index in [1.54, 1.807) is 51.0 Å². The summed E-state index contributed by atoms with van der Waals surface area (Å²) < 4.78 is 0. The molecule has 0 aromatic carbocycles. The molecule has 156 valence electrons. The van der Waals surface area contributed by atoms with Crippen LogP contribution in [0.15, 0.2) is 97.6 Å². The molecule has 4 aromatic heterocycles. The molecule has 0 saturated heterocycles. The molecule has 0 bridgehead atoms. The van der Waals surface area contributed by atoms with E-state index in [9.17, 15) is 0 Å². The topological polar surface area (TPSA) is 79.8 Å². The van der Waals surface area contributed by atoms with E-state index in [0.717, 1.165) is 22.8 Å². The molecule has 0 amide bonds. The summed E-state index contributed by atoms with van der Waals surface area (Å²) in [5.41, 5.74) is 3.35. The van der Waals surface area contributed by atoms with Gasteiger partial charge < -0.3 is 10.6 Å². The van der Waals surface area contributed by atoms with Crippen molar-refractivity contribution in [2.24, 2.45) is 0 Å². The number of aromatic nitrogens is 4. The van der Waals surface area contributed by atoms with E-state index in [1.165, 1.54) is 0 Å². The number of rotatable bonds is 8. The second-order valence-electron chi connectivity index (χ2n) is 5.83. The first-order valence-corrected chi connectivity index (χ1v) is 9.27. The molecule has 0 unspecified atom stereocenters. The van der Waals surface area contributed by atoms with E-state index in [2.05, 4.69) is 30.6 Å². The van der Waals surface area contributed by atoms with Crippen LogP contribution >= 0.6 is 0 Å². The van der Waals surface area contributed by atoms with Gasteiger partial charge in [-0.25, -0.2) is 0 Å². The monoisotopic (exact) mass is 450 g/mol. The molecule has 31 heavy (non-hydrogen) atoms. The van der Waals surface area contributed by atoms with Gasteiger partial charge >= 0.3 is 16.5 Å². The summed E-state index contributed by atoms with van der Waals surface area (Å²) in [5, 5.41) is 8.27. The fourth-order valence-corrected chi connectivity index (χ4v) is 2.19. The second kappa shape index (κ2) is 14.9. The van der Waals surface area contributed by atoms with Gasteiger partial charge in [0, 0.05) is 47.6 Å². The normalized spacial score (nSPS) is 9.81. The van der Waals surface area contributed by atoms with Crippen LogP contribution in [-0.2, 0) is 16.5 Å². The summed E-state index contributed by atoms with van der Waals surface area (Å²) in [6.45, 7) is 6.81. The Morgan fingerprint density at radius 2 is 0.677 bits per heavy atom. The van der Waals surface area contributed by atoms with Crippen molar-refractivity contribution in [3.63, 3.8) is 0 Å². The van der Waals surface area contributed by atoms with Gasteiger partial charge in [-0.2, -0.15) is 0 Å². The van der Waals surface area contributed by atoms with Crippen LogP contribution in [0.3, 0.4) is 0 Å². The molecule has 0 N–H and O–H groups in total. The van der Waals surface area contributed by atoms with Gasteiger partial charge in [0.15, 0.2) is 0 Å². The van der Waals surface area contributed by atoms with E-state index >= 15 is 0 Å². The molecule has 0 aliphatic carbocycles. The van der Waals surface area contributed by atoms with Crippen molar-refractivity contribution in [1.29, 1.82) is 0 Å². The average molecular weight is 451 g/mol. The van der Waals surface area contributed by atoms with E-state index in [0.29, 0.717) is 0 Å². The minimum absolute atomic E-state index is 0. The fourth-order valence-electron chi connectivity index (χ4n) is 2.19. The quantitative estimate of drug-likeness (QED) is 0.348. The summed E-state index contributed by atoms with van der Waals surface area (Å²) in [4.78, 5) is 16.5. The van der Waals surface area contributed by atoms with Crippen molar-refractivity contribution in [1.82, 2.24) is 19.9 Å². The zero-order valence-corrected chi connectivity index (χ0v) is 17.5. The van der Waals surface area contributed by atoms with Crippen molar-refractivity contribution >= 4 is 0 Å². The molecule has 4 aromatic rings. The average Bonchev–Trinajstić information content (AvgIpc) is 2.82. The summed E-state index contributed by atoms with van der Waals surface area (Å²) in [6, 6.07) is 22.8. The number of pyridine rings is 4. The summed E-state index contributed by atoms with van der Waals surface area (Å²) >= 11 is 0. The molecule has 4 rings (SSSR count). The van der Waals surface area contributed by atoms with Crippen LogP contribution in [0.1, 0.15) is 22.8 Å². The molecule has 0 atom stereocenters. The van der Waals surface area contributed by atoms with Crippen molar-refractivity contribution in [3.8, 4) is 0 Å². The summed E-state index contributed by atoms with van der Waals surface area (Å²) in [7, 11) is 0. The van der Waals surface area contributed by atoms with Crippen LogP contribution < -0.4 is 0 Å². The molecule has 0 aliphatic rings. The number of hydrogen-bond acceptors (Lipinski definition) is 4.